The van der Waals surface area contributed by atoms with Crippen molar-refractivity contribution in [3.05, 3.63) is 23.5 Å². The zero-order valence-corrected chi connectivity index (χ0v) is 7.84. The molecule has 1 aliphatic carbocycles. The Morgan fingerprint density at radius 2 is 2.27 bits per heavy atom. The van der Waals surface area contributed by atoms with Gasteiger partial charge in [0.25, 0.3) is 0 Å². The van der Waals surface area contributed by atoms with E-state index in [1.54, 1.807) is 0 Å². The van der Waals surface area contributed by atoms with Crippen LogP contribution in [-0.4, -0.2) is 28.4 Å². The lowest BCUT2D eigenvalue weighted by atomic mass is 10.1. The molecular formula is C10H9NO4. The molecule has 0 radical (unpaired) electrons. The second-order valence-corrected chi connectivity index (χ2v) is 3.34. The van der Waals surface area contributed by atoms with Gasteiger partial charge in [-0.15, -0.1) is 0 Å². The number of nitrogens with zero attached hydrogens (tertiary/aromatic N) is 1. The number of rotatable bonds is 4. The first-order valence-electron chi connectivity index (χ1n) is 4.55. The molecule has 5 nitrogen and oxygen atoms in total. The van der Waals surface area contributed by atoms with E-state index in [-0.39, 0.29) is 23.0 Å². The molecule has 5 heteroatoms. The highest BCUT2D eigenvalue weighted by Crippen LogP contribution is 2.29. The molecule has 1 fully saturated rings. The number of pyridine rings is 1. The van der Waals surface area contributed by atoms with Gasteiger partial charge < -0.3 is 9.84 Å². The van der Waals surface area contributed by atoms with Crippen molar-refractivity contribution in [2.75, 3.05) is 0 Å². The minimum Gasteiger partial charge on any atom is -0.488 e. The lowest BCUT2D eigenvalue weighted by Gasteiger charge is -2.07. The predicted octanol–water partition coefficient (Wildman–Crippen LogP) is 1.13. The van der Waals surface area contributed by atoms with Gasteiger partial charge in [-0.3, -0.25) is 9.78 Å². The summed E-state index contributed by atoms with van der Waals surface area (Å²) in [5, 5.41) is 8.82. The van der Waals surface area contributed by atoms with Gasteiger partial charge in [0.2, 0.25) is 0 Å². The average molecular weight is 207 g/mol. The van der Waals surface area contributed by atoms with Crippen molar-refractivity contribution in [2.24, 2.45) is 0 Å². The molecule has 1 heterocycles. The summed E-state index contributed by atoms with van der Waals surface area (Å²) >= 11 is 0. The maximum absolute atomic E-state index is 10.8. The van der Waals surface area contributed by atoms with E-state index in [1.807, 2.05) is 0 Å². The Hall–Kier alpha value is -1.91. The van der Waals surface area contributed by atoms with Gasteiger partial charge in [-0.05, 0) is 12.8 Å². The van der Waals surface area contributed by atoms with Crippen molar-refractivity contribution in [2.45, 2.75) is 18.9 Å². The van der Waals surface area contributed by atoms with Crippen molar-refractivity contribution < 1.29 is 19.4 Å². The maximum atomic E-state index is 10.8. The molecule has 0 bridgehead atoms. The molecule has 1 aromatic rings. The SMILES string of the molecule is O=Cc1c(OC2CC2)cncc1C(=O)O. The fourth-order valence-corrected chi connectivity index (χ4v) is 1.20. The predicted molar refractivity (Wildman–Crippen MR) is 50.2 cm³/mol. The van der Waals surface area contributed by atoms with Crippen molar-refractivity contribution in [3.63, 3.8) is 0 Å². The minimum atomic E-state index is -1.18. The second kappa shape index (κ2) is 3.68. The second-order valence-electron chi connectivity index (χ2n) is 3.34. The maximum Gasteiger partial charge on any atom is 0.338 e. The van der Waals surface area contributed by atoms with E-state index in [4.69, 9.17) is 9.84 Å². The molecule has 1 aromatic heterocycles. The Bertz CT molecular complexity index is 412. The molecule has 78 valence electrons. The zero-order valence-electron chi connectivity index (χ0n) is 7.84. The number of aromatic nitrogens is 1. The molecule has 2 rings (SSSR count). The quantitative estimate of drug-likeness (QED) is 0.749. The molecule has 0 spiro atoms. The molecule has 1 aliphatic rings. The van der Waals surface area contributed by atoms with Gasteiger partial charge in [0.15, 0.2) is 6.29 Å². The summed E-state index contributed by atoms with van der Waals surface area (Å²) in [4.78, 5) is 25.3. The zero-order chi connectivity index (χ0) is 10.8. The first-order valence-corrected chi connectivity index (χ1v) is 4.55. The standard InChI is InChI=1S/C10H9NO4/c12-5-8-7(10(13)14)3-11-4-9(8)15-6-1-2-6/h3-6H,1-2H2,(H,13,14). The fourth-order valence-electron chi connectivity index (χ4n) is 1.20. The average Bonchev–Trinajstić information content (AvgIpc) is 3.01. The number of carbonyl (C=O) groups excluding carboxylic acids is 1. The van der Waals surface area contributed by atoms with Gasteiger partial charge in [-0.25, -0.2) is 4.79 Å². The summed E-state index contributed by atoms with van der Waals surface area (Å²) in [5.41, 5.74) is -0.0625. The molecule has 15 heavy (non-hydrogen) atoms. The number of aromatic carboxylic acids is 1. The van der Waals surface area contributed by atoms with Crippen LogP contribution in [-0.2, 0) is 0 Å². The third kappa shape index (κ3) is 1.96. The van der Waals surface area contributed by atoms with Crippen LogP contribution in [0.3, 0.4) is 0 Å². The highest BCUT2D eigenvalue weighted by molar-refractivity contribution is 5.98. The van der Waals surface area contributed by atoms with Gasteiger partial charge >= 0.3 is 5.97 Å². The Morgan fingerprint density at radius 3 is 2.80 bits per heavy atom. The van der Waals surface area contributed by atoms with Crippen LogP contribution in [0, 0.1) is 0 Å². The molecule has 0 unspecified atom stereocenters. The van der Waals surface area contributed by atoms with Crippen molar-refractivity contribution >= 4 is 12.3 Å². The van der Waals surface area contributed by atoms with E-state index >= 15 is 0 Å². The van der Waals surface area contributed by atoms with E-state index in [1.165, 1.54) is 6.20 Å². The van der Waals surface area contributed by atoms with E-state index in [2.05, 4.69) is 4.98 Å². The third-order valence-corrected chi connectivity index (χ3v) is 2.12. The molecule has 1 saturated carbocycles. The lowest BCUT2D eigenvalue weighted by molar-refractivity contribution is 0.0692. The Balaban J connectivity index is 2.38. The normalized spacial score (nSPS) is 14.7. The minimum absolute atomic E-state index is 0.0596. The molecule has 0 amide bonds. The topological polar surface area (TPSA) is 76.5 Å². The monoisotopic (exact) mass is 207 g/mol. The molecule has 0 aromatic carbocycles. The number of carbonyl (C=O) groups is 2. The molecule has 0 atom stereocenters. The van der Waals surface area contributed by atoms with Crippen LogP contribution in [0.15, 0.2) is 12.4 Å². The largest absolute Gasteiger partial charge is 0.488 e. The van der Waals surface area contributed by atoms with Gasteiger partial charge in [0, 0.05) is 6.20 Å². The van der Waals surface area contributed by atoms with Gasteiger partial charge in [-0.2, -0.15) is 0 Å². The first-order chi connectivity index (χ1) is 7.22. The number of ether oxygens (including phenoxy) is 1. The summed E-state index contributed by atoms with van der Waals surface area (Å²) in [7, 11) is 0. The third-order valence-electron chi connectivity index (χ3n) is 2.12. The van der Waals surface area contributed by atoms with Crippen molar-refractivity contribution in [1.29, 1.82) is 0 Å². The Labute approximate surface area is 85.7 Å². The summed E-state index contributed by atoms with van der Waals surface area (Å²) in [6, 6.07) is 0. The van der Waals surface area contributed by atoms with Gasteiger partial charge in [0.05, 0.1) is 23.4 Å². The van der Waals surface area contributed by atoms with Crippen LogP contribution in [0.25, 0.3) is 0 Å². The highest BCUT2D eigenvalue weighted by Gasteiger charge is 2.26. The van der Waals surface area contributed by atoms with E-state index in [9.17, 15) is 9.59 Å². The summed E-state index contributed by atoms with van der Waals surface area (Å²) < 4.78 is 5.38. The molecular weight excluding hydrogens is 198 g/mol. The summed E-state index contributed by atoms with van der Waals surface area (Å²) in [6.07, 6.45) is 4.99. The molecule has 0 aliphatic heterocycles. The summed E-state index contributed by atoms with van der Waals surface area (Å²) in [5.74, 6) is -0.918. The molecule has 0 saturated heterocycles. The van der Waals surface area contributed by atoms with Crippen molar-refractivity contribution in [3.8, 4) is 5.75 Å². The number of carboxylic acids is 1. The van der Waals surface area contributed by atoms with Crippen LogP contribution in [0.5, 0.6) is 5.75 Å². The van der Waals surface area contributed by atoms with Crippen LogP contribution in [0.4, 0.5) is 0 Å². The number of hydrogen-bond acceptors (Lipinski definition) is 4. The van der Waals surface area contributed by atoms with Gasteiger partial charge in [-0.1, -0.05) is 0 Å². The highest BCUT2D eigenvalue weighted by atomic mass is 16.5. The smallest absolute Gasteiger partial charge is 0.338 e. The van der Waals surface area contributed by atoms with Gasteiger partial charge in [0.1, 0.15) is 5.75 Å². The van der Waals surface area contributed by atoms with E-state index in [0.717, 1.165) is 19.0 Å². The van der Waals surface area contributed by atoms with Crippen LogP contribution < -0.4 is 4.74 Å². The van der Waals surface area contributed by atoms with E-state index < -0.39 is 5.97 Å². The Morgan fingerprint density at radius 1 is 1.53 bits per heavy atom. The Kier molecular flexibility index (Phi) is 2.37. The fraction of sp³-hybridized carbons (Fsp3) is 0.300. The lowest BCUT2D eigenvalue weighted by Crippen LogP contribution is -2.07. The van der Waals surface area contributed by atoms with Crippen molar-refractivity contribution in [1.82, 2.24) is 4.98 Å². The van der Waals surface area contributed by atoms with E-state index in [0.29, 0.717) is 6.29 Å². The summed E-state index contributed by atoms with van der Waals surface area (Å²) in [6.45, 7) is 0. The first kappa shape index (κ1) is 9.64. The number of carboxylic acid groups (broad SMARTS) is 1. The number of hydrogen-bond donors (Lipinski definition) is 1. The van der Waals surface area contributed by atoms with Crippen LogP contribution >= 0.6 is 0 Å². The van der Waals surface area contributed by atoms with Crippen LogP contribution in [0.1, 0.15) is 33.6 Å². The molecule has 1 N–H and O–H groups in total. The van der Waals surface area contributed by atoms with Crippen LogP contribution in [0.2, 0.25) is 0 Å². The number of aldehydes is 1.